The highest BCUT2D eigenvalue weighted by Gasteiger charge is 2.62. The highest BCUT2D eigenvalue weighted by atomic mass is 32.1. The van der Waals surface area contributed by atoms with Crippen LogP contribution in [0.5, 0.6) is 11.5 Å². The molecule has 0 saturated heterocycles. The normalized spacial score (nSPS) is 33.5. The number of thiophene rings is 2. The zero-order valence-corrected chi connectivity index (χ0v) is 38.8. The van der Waals surface area contributed by atoms with Crippen LogP contribution in [0.2, 0.25) is 0 Å². The Morgan fingerprint density at radius 1 is 0.500 bits per heavy atom. The molecule has 2 N–H and O–H groups in total. The maximum absolute atomic E-state index is 16.3. The number of rotatable bonds is 6. The van der Waals surface area contributed by atoms with Crippen LogP contribution in [0.4, 0.5) is 8.78 Å². The van der Waals surface area contributed by atoms with Gasteiger partial charge in [-0.05, 0) is 159 Å². The van der Waals surface area contributed by atoms with E-state index in [0.717, 1.165) is 90.7 Å². The van der Waals surface area contributed by atoms with Gasteiger partial charge in [0.15, 0.2) is 0 Å². The minimum Gasteiger partial charge on any atom is -0.507 e. The van der Waals surface area contributed by atoms with Crippen molar-refractivity contribution in [3.05, 3.63) is 114 Å². The molecule has 4 atom stereocenters. The van der Waals surface area contributed by atoms with Crippen molar-refractivity contribution in [2.45, 2.75) is 116 Å². The fourth-order valence-corrected chi connectivity index (χ4v) is 20.0. The first-order valence-electron chi connectivity index (χ1n) is 23.6. The molecule has 4 unspecified atom stereocenters. The molecule has 4 aromatic carbocycles. The highest BCUT2D eigenvalue weighted by Crippen LogP contribution is 2.72. The molecule has 8 fully saturated rings. The minimum atomic E-state index is -0.320. The van der Waals surface area contributed by atoms with E-state index < -0.39 is 0 Å². The summed E-state index contributed by atoms with van der Waals surface area (Å²) in [5.74, 6) is 0.938. The van der Waals surface area contributed by atoms with E-state index in [1.165, 1.54) is 50.7 Å². The van der Waals surface area contributed by atoms with Crippen molar-refractivity contribution in [1.29, 1.82) is 0 Å². The van der Waals surface area contributed by atoms with E-state index in [0.29, 0.717) is 34.4 Å². The molecule has 15 rings (SSSR count). The third kappa shape index (κ3) is 5.80. The lowest BCUT2D eigenvalue weighted by Crippen LogP contribution is -2.56. The van der Waals surface area contributed by atoms with Crippen LogP contribution < -0.4 is 0 Å². The number of phenolic OH excluding ortho intramolecular Hbond substituents is 2. The van der Waals surface area contributed by atoms with Crippen LogP contribution in [0.25, 0.3) is 63.6 Å². The van der Waals surface area contributed by atoms with Crippen LogP contribution in [-0.4, -0.2) is 15.2 Å². The molecule has 8 aliphatic carbocycles. The second-order valence-corrected chi connectivity index (χ2v) is 25.6. The first-order chi connectivity index (χ1) is 30.5. The van der Waals surface area contributed by atoms with E-state index in [2.05, 4.69) is 52.0 Å². The Balaban J connectivity index is 0.973. The van der Waals surface area contributed by atoms with Gasteiger partial charge in [-0.3, -0.25) is 0 Å². The third-order valence-corrected chi connectivity index (χ3v) is 19.9. The van der Waals surface area contributed by atoms with Gasteiger partial charge in [-0.2, -0.15) is 0 Å². The van der Waals surface area contributed by atoms with Gasteiger partial charge in [0.2, 0.25) is 0 Å². The molecule has 0 spiro atoms. The predicted molar refractivity (Wildman–Crippen MR) is 258 cm³/mol. The monoisotopic (exact) mass is 887 g/mol. The zero-order chi connectivity index (χ0) is 43.8. The van der Waals surface area contributed by atoms with Gasteiger partial charge in [0, 0.05) is 74.1 Å². The topological polar surface area (TPSA) is 53.4 Å². The first-order valence-corrected chi connectivity index (χ1v) is 25.2. The van der Waals surface area contributed by atoms with Gasteiger partial charge < -0.3 is 10.2 Å². The molecule has 3 aromatic heterocycles. The van der Waals surface area contributed by atoms with Crippen molar-refractivity contribution >= 4 is 42.8 Å². The Morgan fingerprint density at radius 3 is 1.28 bits per heavy atom. The summed E-state index contributed by atoms with van der Waals surface area (Å²) in [4.78, 5) is 7.08. The quantitative estimate of drug-likeness (QED) is 0.175. The number of aromatic nitrogens is 1. The second-order valence-electron chi connectivity index (χ2n) is 23.5. The second kappa shape index (κ2) is 13.1. The zero-order valence-electron chi connectivity index (χ0n) is 37.2. The lowest BCUT2D eigenvalue weighted by atomic mass is 9.39. The van der Waals surface area contributed by atoms with Gasteiger partial charge in [-0.25, -0.2) is 13.8 Å². The van der Waals surface area contributed by atoms with E-state index in [1.807, 2.05) is 42.5 Å². The molecule has 7 aromatic rings. The Kier molecular flexibility index (Phi) is 8.11. The Hall–Kier alpha value is -4.59. The summed E-state index contributed by atoms with van der Waals surface area (Å²) in [6.45, 7) is 9.69. The summed E-state index contributed by atoms with van der Waals surface area (Å²) in [6, 6.07) is 28.9. The maximum atomic E-state index is 16.3. The SMILES string of the molecule is CC12CC3CC(C)(C1)CC(c1cc(F)cc(-c4sc5ccccc5c4-c4cccc(-c5c(-c6cc(F)cc(C78CC9CC(C)(CC(C)(C9)C7)C8)c6O)sc6ccccc56)n4)c1O)(C3)C2. The molecule has 0 radical (unpaired) electrons. The van der Waals surface area contributed by atoms with E-state index in [-0.39, 0.29) is 55.6 Å². The molecule has 8 saturated carbocycles. The van der Waals surface area contributed by atoms with Crippen LogP contribution in [-0.2, 0) is 10.8 Å². The van der Waals surface area contributed by atoms with Crippen molar-refractivity contribution in [1.82, 2.24) is 4.98 Å². The summed E-state index contributed by atoms with van der Waals surface area (Å²) in [5.41, 5.74) is 6.00. The molecule has 8 bridgehead atoms. The molecular formula is C57H55F2NO2S2. The highest BCUT2D eigenvalue weighted by molar-refractivity contribution is 7.23. The predicted octanol–water partition coefficient (Wildman–Crippen LogP) is 16.4. The molecule has 326 valence electrons. The molecule has 3 nitrogen and oxygen atoms in total. The van der Waals surface area contributed by atoms with Gasteiger partial charge in [0.25, 0.3) is 0 Å². The lowest BCUT2D eigenvalue weighted by molar-refractivity contribution is -0.110. The van der Waals surface area contributed by atoms with Crippen molar-refractivity contribution in [3.8, 4) is 54.9 Å². The van der Waals surface area contributed by atoms with Crippen molar-refractivity contribution < 1.29 is 19.0 Å². The third-order valence-electron chi connectivity index (χ3n) is 17.5. The molecule has 64 heavy (non-hydrogen) atoms. The number of halogens is 2. The standard InChI is InChI=1S/C57H55F2NO2S2/c1-52-20-32-21-53(2,26-52)29-56(24-32,28-52)40-18-34(58)16-38(48(40)61)50-46(36-10-5-7-14-44(36)63-50)42-12-9-13-43(60-42)47-37-11-6-8-15-45(37)64-51(47)39-17-35(59)19-41(49(39)62)57-25-33-22-54(3,30-57)27-55(4,23-33)31-57/h5-19,32-33,61-62H,20-31H2,1-4H3. The number of nitrogens with zero attached hydrogens (tertiary/aromatic N) is 1. The van der Waals surface area contributed by atoms with Crippen LogP contribution in [0, 0.1) is 45.1 Å². The first kappa shape index (κ1) is 39.7. The largest absolute Gasteiger partial charge is 0.507 e. The molecule has 3 heterocycles. The minimum absolute atomic E-state index is 0.195. The van der Waals surface area contributed by atoms with Crippen molar-refractivity contribution in [2.24, 2.45) is 33.5 Å². The summed E-state index contributed by atoms with van der Waals surface area (Å²) < 4.78 is 34.7. The van der Waals surface area contributed by atoms with Crippen LogP contribution in [0.3, 0.4) is 0 Å². The number of aromatic hydroxyl groups is 2. The maximum Gasteiger partial charge on any atom is 0.128 e. The fourth-order valence-electron chi connectivity index (χ4n) is 17.5. The molecule has 8 aliphatic rings. The molecule has 0 aliphatic heterocycles. The van der Waals surface area contributed by atoms with Gasteiger partial charge in [0.1, 0.15) is 23.1 Å². The molecule has 7 heteroatoms. The van der Waals surface area contributed by atoms with E-state index in [9.17, 15) is 10.2 Å². The summed E-state index contributed by atoms with van der Waals surface area (Å²) in [7, 11) is 0. The average molecular weight is 888 g/mol. The summed E-state index contributed by atoms with van der Waals surface area (Å²) in [5, 5.41) is 27.2. The number of hydrogen-bond acceptors (Lipinski definition) is 5. The van der Waals surface area contributed by atoms with Crippen LogP contribution in [0.1, 0.15) is 116 Å². The average Bonchev–Trinajstić information content (AvgIpc) is 3.79. The Bertz CT molecular complexity index is 2900. The number of hydrogen-bond donors (Lipinski definition) is 2. The fraction of sp³-hybridized carbons (Fsp3) is 0.421. The van der Waals surface area contributed by atoms with Crippen LogP contribution in [0.15, 0.2) is 91.0 Å². The lowest BCUT2D eigenvalue weighted by Gasteiger charge is -2.65. The van der Waals surface area contributed by atoms with E-state index >= 15 is 8.78 Å². The number of phenols is 2. The van der Waals surface area contributed by atoms with Crippen molar-refractivity contribution in [2.75, 3.05) is 0 Å². The number of pyridine rings is 1. The number of benzene rings is 4. The van der Waals surface area contributed by atoms with Gasteiger partial charge in [-0.15, -0.1) is 22.7 Å². The Morgan fingerprint density at radius 2 is 0.891 bits per heavy atom. The number of fused-ring (bicyclic) bond motifs is 2. The molecular weight excluding hydrogens is 833 g/mol. The van der Waals surface area contributed by atoms with Gasteiger partial charge in [-0.1, -0.05) is 70.2 Å². The van der Waals surface area contributed by atoms with Gasteiger partial charge in [0.05, 0.1) is 11.4 Å². The smallest absolute Gasteiger partial charge is 0.128 e. The van der Waals surface area contributed by atoms with Crippen molar-refractivity contribution in [3.63, 3.8) is 0 Å². The van der Waals surface area contributed by atoms with E-state index in [4.69, 9.17) is 4.98 Å². The van der Waals surface area contributed by atoms with E-state index in [1.54, 1.807) is 34.8 Å². The van der Waals surface area contributed by atoms with Crippen LogP contribution >= 0.6 is 22.7 Å². The van der Waals surface area contributed by atoms with Gasteiger partial charge >= 0.3 is 0 Å². The summed E-state index contributed by atoms with van der Waals surface area (Å²) in [6.07, 6.45) is 13.2. The summed E-state index contributed by atoms with van der Waals surface area (Å²) >= 11 is 3.15. The Labute approximate surface area is 382 Å². The molecule has 0 amide bonds.